The van der Waals surface area contributed by atoms with Crippen LogP contribution in [0.4, 0.5) is 0 Å². The third-order valence-corrected chi connectivity index (χ3v) is 1.35. The summed E-state index contributed by atoms with van der Waals surface area (Å²) in [6.45, 7) is 4.37. The van der Waals surface area contributed by atoms with Crippen LogP contribution in [0.5, 0.6) is 0 Å². The summed E-state index contributed by atoms with van der Waals surface area (Å²) in [5, 5.41) is 0. The largest absolute Gasteiger partial charge is 0.466 e. The number of rotatable bonds is 6. The molecule has 0 bridgehead atoms. The quantitative estimate of drug-likeness (QED) is 0.358. The molecule has 0 N–H and O–H groups in total. The number of ether oxygens (including phenoxy) is 2. The van der Waals surface area contributed by atoms with Gasteiger partial charge in [0.1, 0.15) is 6.42 Å². The average Bonchev–Trinajstić information content (AvgIpc) is 2.05. The van der Waals surface area contributed by atoms with Gasteiger partial charge in [-0.3, -0.25) is 9.59 Å². The highest BCUT2D eigenvalue weighted by molar-refractivity contribution is 5.91. The molecule has 0 heterocycles. The minimum Gasteiger partial charge on any atom is -0.466 e. The first kappa shape index (κ1) is 11.9. The van der Waals surface area contributed by atoms with Crippen LogP contribution in [0.1, 0.15) is 33.1 Å². The fourth-order valence-electron chi connectivity index (χ4n) is 0.711. The van der Waals surface area contributed by atoms with Crippen molar-refractivity contribution in [3.8, 4) is 0 Å². The van der Waals surface area contributed by atoms with E-state index in [-0.39, 0.29) is 6.42 Å². The van der Waals surface area contributed by atoms with Crippen LogP contribution >= 0.6 is 0 Å². The Morgan fingerprint density at radius 2 is 1.69 bits per heavy atom. The molecule has 0 saturated heterocycles. The second-order valence-electron chi connectivity index (χ2n) is 2.56. The molecule has 0 fully saturated rings. The van der Waals surface area contributed by atoms with Gasteiger partial charge in [-0.1, -0.05) is 13.3 Å². The SMILES string of the molecule is CCCCOC(=O)CC(=O)OCC. The van der Waals surface area contributed by atoms with Crippen LogP contribution in [-0.4, -0.2) is 25.2 Å². The number of esters is 2. The van der Waals surface area contributed by atoms with Gasteiger partial charge in [0.15, 0.2) is 0 Å². The second kappa shape index (κ2) is 7.58. The first-order valence-electron chi connectivity index (χ1n) is 4.52. The summed E-state index contributed by atoms with van der Waals surface area (Å²) in [5.74, 6) is -1.03. The lowest BCUT2D eigenvalue weighted by molar-refractivity contribution is -0.154. The molecule has 0 aliphatic rings. The lowest BCUT2D eigenvalue weighted by atomic mass is 10.3. The molecule has 0 aromatic rings. The van der Waals surface area contributed by atoms with Gasteiger partial charge < -0.3 is 9.47 Å². The number of carbonyl (C=O) groups excluding carboxylic acids is 2. The Morgan fingerprint density at radius 1 is 1.08 bits per heavy atom. The van der Waals surface area contributed by atoms with Gasteiger partial charge in [-0.15, -0.1) is 0 Å². The van der Waals surface area contributed by atoms with Crippen molar-refractivity contribution in [2.24, 2.45) is 0 Å². The Labute approximate surface area is 78.2 Å². The first-order chi connectivity index (χ1) is 6.20. The number of hydrogen-bond donors (Lipinski definition) is 0. The zero-order valence-electron chi connectivity index (χ0n) is 8.17. The van der Waals surface area contributed by atoms with Gasteiger partial charge >= 0.3 is 11.9 Å². The van der Waals surface area contributed by atoms with Crippen molar-refractivity contribution < 1.29 is 19.1 Å². The molecule has 0 aliphatic carbocycles. The Kier molecular flexibility index (Phi) is 6.96. The third kappa shape index (κ3) is 7.31. The predicted molar refractivity (Wildman–Crippen MR) is 47.1 cm³/mol. The summed E-state index contributed by atoms with van der Waals surface area (Å²) in [7, 11) is 0. The lowest BCUT2D eigenvalue weighted by Crippen LogP contribution is -2.14. The Balaban J connectivity index is 3.44. The van der Waals surface area contributed by atoms with Crippen molar-refractivity contribution in [1.29, 1.82) is 0 Å². The van der Waals surface area contributed by atoms with Gasteiger partial charge in [0.05, 0.1) is 13.2 Å². The number of unbranched alkanes of at least 4 members (excludes halogenated alkanes) is 1. The van der Waals surface area contributed by atoms with Gasteiger partial charge in [-0.25, -0.2) is 0 Å². The van der Waals surface area contributed by atoms with E-state index in [4.69, 9.17) is 4.74 Å². The molecular formula is C9H16O4. The molecule has 0 amide bonds. The fourth-order valence-corrected chi connectivity index (χ4v) is 0.711. The zero-order valence-corrected chi connectivity index (χ0v) is 8.17. The predicted octanol–water partition coefficient (Wildman–Crippen LogP) is 1.28. The highest BCUT2D eigenvalue weighted by atomic mass is 16.6. The standard InChI is InChI=1S/C9H16O4/c1-3-5-6-13-9(11)7-8(10)12-4-2/h3-7H2,1-2H3. The molecule has 0 rings (SSSR count). The van der Waals surface area contributed by atoms with E-state index in [1.54, 1.807) is 6.92 Å². The van der Waals surface area contributed by atoms with Crippen LogP contribution in [0.3, 0.4) is 0 Å². The molecule has 0 spiro atoms. The topological polar surface area (TPSA) is 52.6 Å². The molecule has 76 valence electrons. The van der Waals surface area contributed by atoms with E-state index < -0.39 is 11.9 Å². The van der Waals surface area contributed by atoms with Crippen LogP contribution in [0.25, 0.3) is 0 Å². The van der Waals surface area contributed by atoms with Gasteiger partial charge in [-0.05, 0) is 13.3 Å². The van der Waals surface area contributed by atoms with E-state index in [0.29, 0.717) is 13.2 Å². The molecule has 0 aliphatic heterocycles. The summed E-state index contributed by atoms with van der Waals surface area (Å²) in [4.78, 5) is 21.6. The third-order valence-electron chi connectivity index (χ3n) is 1.35. The van der Waals surface area contributed by atoms with Crippen molar-refractivity contribution in [3.05, 3.63) is 0 Å². The summed E-state index contributed by atoms with van der Waals surface area (Å²) in [6, 6.07) is 0. The van der Waals surface area contributed by atoms with Crippen molar-refractivity contribution in [3.63, 3.8) is 0 Å². The molecular weight excluding hydrogens is 172 g/mol. The maximum atomic E-state index is 10.9. The Hall–Kier alpha value is -1.06. The zero-order chi connectivity index (χ0) is 10.1. The van der Waals surface area contributed by atoms with E-state index in [9.17, 15) is 9.59 Å². The minimum atomic E-state index is -0.524. The van der Waals surface area contributed by atoms with Crippen LogP contribution in [0.15, 0.2) is 0 Å². The number of carbonyl (C=O) groups is 2. The van der Waals surface area contributed by atoms with Crippen LogP contribution in [0.2, 0.25) is 0 Å². The Morgan fingerprint density at radius 3 is 2.23 bits per heavy atom. The van der Waals surface area contributed by atoms with Gasteiger partial charge in [0.2, 0.25) is 0 Å². The maximum absolute atomic E-state index is 10.9. The molecule has 0 saturated carbocycles. The fraction of sp³-hybridized carbons (Fsp3) is 0.778. The Bertz CT molecular complexity index is 165. The molecule has 0 atom stereocenters. The molecule has 0 aromatic heterocycles. The van der Waals surface area contributed by atoms with Gasteiger partial charge in [0.25, 0.3) is 0 Å². The van der Waals surface area contributed by atoms with Crippen molar-refractivity contribution in [2.45, 2.75) is 33.1 Å². The normalized spacial score (nSPS) is 9.38. The molecule has 0 unspecified atom stereocenters. The maximum Gasteiger partial charge on any atom is 0.317 e. The number of hydrogen-bond acceptors (Lipinski definition) is 4. The second-order valence-corrected chi connectivity index (χ2v) is 2.56. The van der Waals surface area contributed by atoms with Crippen LogP contribution in [0, 0.1) is 0 Å². The van der Waals surface area contributed by atoms with Crippen LogP contribution in [-0.2, 0) is 19.1 Å². The highest BCUT2D eigenvalue weighted by Gasteiger charge is 2.10. The monoisotopic (exact) mass is 188 g/mol. The smallest absolute Gasteiger partial charge is 0.317 e. The lowest BCUT2D eigenvalue weighted by Gasteiger charge is -2.03. The first-order valence-corrected chi connectivity index (χ1v) is 4.52. The van der Waals surface area contributed by atoms with E-state index in [1.165, 1.54) is 0 Å². The molecule has 13 heavy (non-hydrogen) atoms. The van der Waals surface area contributed by atoms with E-state index >= 15 is 0 Å². The van der Waals surface area contributed by atoms with Crippen molar-refractivity contribution in [2.75, 3.05) is 13.2 Å². The molecule has 4 heteroatoms. The van der Waals surface area contributed by atoms with Crippen molar-refractivity contribution >= 4 is 11.9 Å². The van der Waals surface area contributed by atoms with E-state index in [0.717, 1.165) is 12.8 Å². The highest BCUT2D eigenvalue weighted by Crippen LogP contribution is 1.93. The summed E-state index contributed by atoms with van der Waals surface area (Å²) in [6.07, 6.45) is 1.51. The van der Waals surface area contributed by atoms with Crippen molar-refractivity contribution in [1.82, 2.24) is 0 Å². The van der Waals surface area contributed by atoms with Gasteiger partial charge in [-0.2, -0.15) is 0 Å². The van der Waals surface area contributed by atoms with E-state index in [1.807, 2.05) is 6.92 Å². The average molecular weight is 188 g/mol. The van der Waals surface area contributed by atoms with Gasteiger partial charge in [0, 0.05) is 0 Å². The molecule has 0 aromatic carbocycles. The summed E-state index contributed by atoms with van der Waals surface area (Å²) >= 11 is 0. The minimum absolute atomic E-state index is 0.280. The summed E-state index contributed by atoms with van der Waals surface area (Å²) < 4.78 is 9.34. The van der Waals surface area contributed by atoms with E-state index in [2.05, 4.69) is 4.74 Å². The van der Waals surface area contributed by atoms with Crippen LogP contribution < -0.4 is 0 Å². The molecule has 0 radical (unpaired) electrons. The summed E-state index contributed by atoms with van der Waals surface area (Å²) in [5.41, 5.74) is 0. The molecule has 4 nitrogen and oxygen atoms in total.